The molecule has 2 bridgehead atoms. The molecule has 0 aliphatic carbocycles. The van der Waals surface area contributed by atoms with Crippen LogP contribution < -0.4 is 5.32 Å². The maximum atomic E-state index is 5.83. The Balaban J connectivity index is 1.76. The minimum atomic E-state index is 0.266. The van der Waals surface area contributed by atoms with Crippen molar-refractivity contribution in [1.82, 2.24) is 5.32 Å². The molecule has 74 valence electrons. The van der Waals surface area contributed by atoms with Crippen molar-refractivity contribution in [1.29, 1.82) is 0 Å². The van der Waals surface area contributed by atoms with Crippen molar-refractivity contribution in [2.24, 2.45) is 0 Å². The van der Waals surface area contributed by atoms with Gasteiger partial charge in [-0.25, -0.2) is 0 Å². The molecule has 2 unspecified atom stereocenters. The molecule has 0 aromatic carbocycles. The van der Waals surface area contributed by atoms with Crippen LogP contribution in [-0.4, -0.2) is 37.5 Å². The number of morpholine rings is 1. The van der Waals surface area contributed by atoms with Crippen LogP contribution in [0.15, 0.2) is 0 Å². The van der Waals surface area contributed by atoms with Gasteiger partial charge >= 0.3 is 0 Å². The van der Waals surface area contributed by atoms with Gasteiger partial charge in [0.15, 0.2) is 0 Å². The van der Waals surface area contributed by atoms with Crippen LogP contribution in [0.2, 0.25) is 0 Å². The first kappa shape index (κ1) is 8.21. The Bertz CT molecular complexity index is 187. The van der Waals surface area contributed by atoms with Gasteiger partial charge in [-0.05, 0) is 25.7 Å². The third kappa shape index (κ3) is 1.39. The SMILES string of the molecule is C1COCC2(CC3CCC(C2)O3)N1. The highest BCUT2D eigenvalue weighted by Gasteiger charge is 2.45. The predicted octanol–water partition coefficient (Wildman–Crippen LogP) is 0.686. The lowest BCUT2D eigenvalue weighted by atomic mass is 9.86. The first-order valence-corrected chi connectivity index (χ1v) is 5.35. The molecule has 3 aliphatic rings. The summed E-state index contributed by atoms with van der Waals surface area (Å²) >= 11 is 0. The minimum Gasteiger partial charge on any atom is -0.378 e. The smallest absolute Gasteiger partial charge is 0.0650 e. The number of hydrogen-bond acceptors (Lipinski definition) is 3. The second-order valence-corrected chi connectivity index (χ2v) is 4.63. The van der Waals surface area contributed by atoms with Gasteiger partial charge in [-0.15, -0.1) is 0 Å². The minimum absolute atomic E-state index is 0.266. The summed E-state index contributed by atoms with van der Waals surface area (Å²) in [5, 5.41) is 3.63. The van der Waals surface area contributed by atoms with E-state index in [1.54, 1.807) is 0 Å². The van der Waals surface area contributed by atoms with Gasteiger partial charge in [-0.3, -0.25) is 0 Å². The number of fused-ring (bicyclic) bond motifs is 2. The second kappa shape index (κ2) is 2.94. The van der Waals surface area contributed by atoms with E-state index in [0.717, 1.165) is 32.6 Å². The molecule has 1 spiro atoms. The third-order valence-corrected chi connectivity index (χ3v) is 3.56. The van der Waals surface area contributed by atoms with E-state index in [1.165, 1.54) is 12.8 Å². The first-order chi connectivity index (χ1) is 6.36. The van der Waals surface area contributed by atoms with Crippen LogP contribution in [0.5, 0.6) is 0 Å². The fraction of sp³-hybridized carbons (Fsp3) is 1.00. The van der Waals surface area contributed by atoms with Crippen LogP contribution in [0.3, 0.4) is 0 Å². The number of rotatable bonds is 0. The Morgan fingerprint density at radius 1 is 1.15 bits per heavy atom. The zero-order chi connectivity index (χ0) is 8.73. The van der Waals surface area contributed by atoms with Gasteiger partial charge in [-0.2, -0.15) is 0 Å². The Labute approximate surface area is 78.8 Å². The van der Waals surface area contributed by atoms with Gasteiger partial charge in [0.2, 0.25) is 0 Å². The summed E-state index contributed by atoms with van der Waals surface area (Å²) in [6.07, 6.45) is 5.84. The fourth-order valence-electron chi connectivity index (χ4n) is 3.00. The highest BCUT2D eigenvalue weighted by atomic mass is 16.5. The maximum Gasteiger partial charge on any atom is 0.0650 e. The number of ether oxygens (including phenoxy) is 2. The van der Waals surface area contributed by atoms with E-state index in [-0.39, 0.29) is 5.54 Å². The molecule has 0 saturated carbocycles. The molecule has 0 radical (unpaired) electrons. The maximum absolute atomic E-state index is 5.83. The molecule has 3 heterocycles. The summed E-state index contributed by atoms with van der Waals surface area (Å²) in [7, 11) is 0. The normalized spacial score (nSPS) is 49.8. The van der Waals surface area contributed by atoms with E-state index >= 15 is 0 Å². The molecular formula is C10H17NO2. The molecule has 1 N–H and O–H groups in total. The second-order valence-electron chi connectivity index (χ2n) is 4.63. The molecule has 0 aromatic rings. The molecule has 3 nitrogen and oxygen atoms in total. The average molecular weight is 183 g/mol. The van der Waals surface area contributed by atoms with Gasteiger partial charge in [0.05, 0.1) is 25.4 Å². The monoisotopic (exact) mass is 183 g/mol. The molecule has 3 rings (SSSR count). The summed E-state index contributed by atoms with van der Waals surface area (Å²) in [6.45, 7) is 2.78. The fourth-order valence-corrected chi connectivity index (χ4v) is 3.00. The highest BCUT2D eigenvalue weighted by molar-refractivity contribution is 5.00. The lowest BCUT2D eigenvalue weighted by Gasteiger charge is -2.43. The highest BCUT2D eigenvalue weighted by Crippen LogP contribution is 2.39. The molecule has 3 heteroatoms. The van der Waals surface area contributed by atoms with Crippen molar-refractivity contribution in [3.8, 4) is 0 Å². The van der Waals surface area contributed by atoms with Gasteiger partial charge in [0, 0.05) is 12.1 Å². The van der Waals surface area contributed by atoms with E-state index in [1.807, 2.05) is 0 Å². The molecule has 3 saturated heterocycles. The van der Waals surface area contributed by atoms with Crippen molar-refractivity contribution in [2.75, 3.05) is 19.8 Å². The van der Waals surface area contributed by atoms with E-state index in [4.69, 9.17) is 9.47 Å². The summed E-state index contributed by atoms with van der Waals surface area (Å²) in [5.41, 5.74) is 0.266. The average Bonchev–Trinajstić information content (AvgIpc) is 2.48. The van der Waals surface area contributed by atoms with Gasteiger partial charge in [-0.1, -0.05) is 0 Å². The van der Waals surface area contributed by atoms with Crippen molar-refractivity contribution < 1.29 is 9.47 Å². The van der Waals surface area contributed by atoms with E-state index in [2.05, 4.69) is 5.32 Å². The third-order valence-electron chi connectivity index (χ3n) is 3.56. The van der Waals surface area contributed by atoms with E-state index in [9.17, 15) is 0 Å². The lowest BCUT2D eigenvalue weighted by molar-refractivity contribution is -0.0813. The van der Waals surface area contributed by atoms with Crippen molar-refractivity contribution >= 4 is 0 Å². The molecule has 2 atom stereocenters. The molecule has 0 aromatic heterocycles. The van der Waals surface area contributed by atoms with Crippen LogP contribution in [0, 0.1) is 0 Å². The predicted molar refractivity (Wildman–Crippen MR) is 48.7 cm³/mol. The Morgan fingerprint density at radius 2 is 1.92 bits per heavy atom. The quantitative estimate of drug-likeness (QED) is 0.599. The van der Waals surface area contributed by atoms with E-state index in [0.29, 0.717) is 12.2 Å². The molecular weight excluding hydrogens is 166 g/mol. The van der Waals surface area contributed by atoms with Gasteiger partial charge in [0.1, 0.15) is 0 Å². The van der Waals surface area contributed by atoms with E-state index < -0.39 is 0 Å². The summed E-state index contributed by atoms with van der Waals surface area (Å²) < 4.78 is 11.4. The van der Waals surface area contributed by atoms with Crippen LogP contribution >= 0.6 is 0 Å². The van der Waals surface area contributed by atoms with Crippen LogP contribution in [0.25, 0.3) is 0 Å². The van der Waals surface area contributed by atoms with Crippen molar-refractivity contribution in [2.45, 2.75) is 43.4 Å². The van der Waals surface area contributed by atoms with Crippen molar-refractivity contribution in [3.63, 3.8) is 0 Å². The molecule has 3 fully saturated rings. The first-order valence-electron chi connectivity index (χ1n) is 5.35. The zero-order valence-corrected chi connectivity index (χ0v) is 7.92. The number of nitrogens with one attached hydrogen (secondary N) is 1. The number of hydrogen-bond donors (Lipinski definition) is 1. The topological polar surface area (TPSA) is 30.5 Å². The molecule has 3 aliphatic heterocycles. The zero-order valence-electron chi connectivity index (χ0n) is 7.92. The summed E-state index contributed by atoms with van der Waals surface area (Å²) in [5.74, 6) is 0. The standard InChI is InChI=1S/C10H17NO2/c1-2-9-6-10(5-8(1)13-9)7-12-4-3-11-10/h8-9,11H,1-7H2. The Kier molecular flexibility index (Phi) is 1.86. The van der Waals surface area contributed by atoms with Gasteiger partial charge in [0.25, 0.3) is 0 Å². The van der Waals surface area contributed by atoms with Crippen LogP contribution in [0.1, 0.15) is 25.7 Å². The Hall–Kier alpha value is -0.120. The summed E-state index contributed by atoms with van der Waals surface area (Å²) in [6, 6.07) is 0. The van der Waals surface area contributed by atoms with Gasteiger partial charge < -0.3 is 14.8 Å². The molecule has 13 heavy (non-hydrogen) atoms. The summed E-state index contributed by atoms with van der Waals surface area (Å²) in [4.78, 5) is 0. The molecule has 0 amide bonds. The largest absolute Gasteiger partial charge is 0.378 e. The van der Waals surface area contributed by atoms with Crippen LogP contribution in [-0.2, 0) is 9.47 Å². The van der Waals surface area contributed by atoms with Crippen molar-refractivity contribution in [3.05, 3.63) is 0 Å². The Morgan fingerprint density at radius 3 is 2.54 bits per heavy atom. The van der Waals surface area contributed by atoms with Crippen LogP contribution in [0.4, 0.5) is 0 Å². The lowest BCUT2D eigenvalue weighted by Crippen LogP contribution is -2.58.